The molecule has 0 aliphatic carbocycles. The van der Waals surface area contributed by atoms with Gasteiger partial charge in [-0.2, -0.15) is 13.2 Å². The molecule has 1 aliphatic heterocycles. The number of benzene rings is 1. The van der Waals surface area contributed by atoms with Gasteiger partial charge in [-0.05, 0) is 53.5 Å². The first-order valence-electron chi connectivity index (χ1n) is 6.30. The summed E-state index contributed by atoms with van der Waals surface area (Å²) in [6, 6.07) is 2.26. The standard InChI is InChI=1S/C12H14BrF3N2O2S.ClH/c13-10-4-3-8(12(14,15)16)6-11(10)21(19,20)18-9-2-1-5-17-7-9;/h3-4,6,9,17-18H,1-2,5,7H2;1H. The molecule has 0 aromatic heterocycles. The zero-order valence-corrected chi connectivity index (χ0v) is 14.5. The van der Waals surface area contributed by atoms with E-state index in [1.54, 1.807) is 0 Å². The van der Waals surface area contributed by atoms with E-state index in [4.69, 9.17) is 0 Å². The summed E-state index contributed by atoms with van der Waals surface area (Å²) in [6.07, 6.45) is -3.11. The molecular weight excluding hydrogens is 409 g/mol. The van der Waals surface area contributed by atoms with Gasteiger partial charge in [0.05, 0.1) is 10.5 Å². The Balaban J connectivity index is 0.00000242. The highest BCUT2D eigenvalue weighted by Crippen LogP contribution is 2.33. The second kappa shape index (κ2) is 7.48. The quantitative estimate of drug-likeness (QED) is 0.786. The third-order valence-electron chi connectivity index (χ3n) is 3.17. The average molecular weight is 424 g/mol. The van der Waals surface area contributed by atoms with Crippen LogP contribution in [0.1, 0.15) is 18.4 Å². The average Bonchev–Trinajstić information content (AvgIpc) is 2.38. The molecule has 1 aromatic rings. The number of hydrogen-bond acceptors (Lipinski definition) is 3. The molecule has 0 spiro atoms. The monoisotopic (exact) mass is 422 g/mol. The van der Waals surface area contributed by atoms with Crippen LogP contribution in [0.2, 0.25) is 0 Å². The number of halogens is 5. The van der Waals surface area contributed by atoms with Crippen LogP contribution in [0.5, 0.6) is 0 Å². The minimum atomic E-state index is -4.59. The Labute approximate surface area is 141 Å². The first-order chi connectivity index (χ1) is 9.70. The summed E-state index contributed by atoms with van der Waals surface area (Å²) in [5, 5.41) is 3.04. The zero-order valence-electron chi connectivity index (χ0n) is 11.3. The van der Waals surface area contributed by atoms with Crippen molar-refractivity contribution in [2.75, 3.05) is 13.1 Å². The minimum Gasteiger partial charge on any atom is -0.315 e. The van der Waals surface area contributed by atoms with Gasteiger partial charge in [0, 0.05) is 17.1 Å². The molecular formula is C12H15BrClF3N2O2S. The van der Waals surface area contributed by atoms with Gasteiger partial charge in [0.2, 0.25) is 10.0 Å². The van der Waals surface area contributed by atoms with Crippen molar-refractivity contribution in [3.8, 4) is 0 Å². The Morgan fingerprint density at radius 3 is 2.55 bits per heavy atom. The van der Waals surface area contributed by atoms with Crippen LogP contribution in [-0.4, -0.2) is 27.5 Å². The molecule has 0 amide bonds. The van der Waals surface area contributed by atoms with Crippen LogP contribution in [0.15, 0.2) is 27.6 Å². The summed E-state index contributed by atoms with van der Waals surface area (Å²) >= 11 is 3.00. The normalized spacial score (nSPS) is 19.5. The number of piperidine rings is 1. The van der Waals surface area contributed by atoms with Crippen LogP contribution in [0.3, 0.4) is 0 Å². The highest BCUT2D eigenvalue weighted by atomic mass is 79.9. The van der Waals surface area contributed by atoms with Crippen LogP contribution in [0.4, 0.5) is 13.2 Å². The van der Waals surface area contributed by atoms with E-state index in [1.165, 1.54) is 0 Å². The predicted octanol–water partition coefficient (Wildman–Crippen LogP) is 2.92. The maximum absolute atomic E-state index is 12.7. The van der Waals surface area contributed by atoms with E-state index in [-0.39, 0.29) is 22.9 Å². The fourth-order valence-corrected chi connectivity index (χ4v) is 4.38. The maximum Gasteiger partial charge on any atom is 0.416 e. The van der Waals surface area contributed by atoms with E-state index in [0.29, 0.717) is 19.0 Å². The molecule has 1 saturated heterocycles. The van der Waals surface area contributed by atoms with E-state index in [0.717, 1.165) is 25.1 Å². The van der Waals surface area contributed by atoms with Crippen molar-refractivity contribution in [2.24, 2.45) is 0 Å². The number of nitrogens with one attached hydrogen (secondary N) is 2. The number of hydrogen-bond donors (Lipinski definition) is 2. The van der Waals surface area contributed by atoms with Gasteiger partial charge in [-0.1, -0.05) is 0 Å². The SMILES string of the molecule is Cl.O=S(=O)(NC1CCCNC1)c1cc(C(F)(F)F)ccc1Br. The van der Waals surface area contributed by atoms with Gasteiger partial charge in [-0.25, -0.2) is 13.1 Å². The second-order valence-corrected chi connectivity index (χ2v) is 7.34. The van der Waals surface area contributed by atoms with Gasteiger partial charge in [0.15, 0.2) is 0 Å². The third kappa shape index (κ3) is 4.82. The fourth-order valence-electron chi connectivity index (χ4n) is 2.12. The highest BCUT2D eigenvalue weighted by Gasteiger charge is 2.33. The lowest BCUT2D eigenvalue weighted by atomic mass is 10.1. The topological polar surface area (TPSA) is 58.2 Å². The van der Waals surface area contributed by atoms with Crippen LogP contribution < -0.4 is 10.0 Å². The molecule has 2 N–H and O–H groups in total. The van der Waals surface area contributed by atoms with Crippen molar-refractivity contribution < 1.29 is 21.6 Å². The first-order valence-corrected chi connectivity index (χ1v) is 8.57. The summed E-state index contributed by atoms with van der Waals surface area (Å²) in [5.41, 5.74) is -0.993. The second-order valence-electron chi connectivity index (χ2n) is 4.81. The molecule has 0 radical (unpaired) electrons. The minimum absolute atomic E-state index is 0. The van der Waals surface area contributed by atoms with Crippen molar-refractivity contribution in [2.45, 2.75) is 30.0 Å². The molecule has 22 heavy (non-hydrogen) atoms. The summed E-state index contributed by atoms with van der Waals surface area (Å²) in [4.78, 5) is -0.400. The molecule has 0 saturated carbocycles. The molecule has 1 fully saturated rings. The van der Waals surface area contributed by atoms with Crippen LogP contribution in [-0.2, 0) is 16.2 Å². The Morgan fingerprint density at radius 2 is 2.00 bits per heavy atom. The van der Waals surface area contributed by atoms with Gasteiger partial charge in [0.25, 0.3) is 0 Å². The first kappa shape index (κ1) is 19.7. The van der Waals surface area contributed by atoms with E-state index in [2.05, 4.69) is 26.0 Å². The molecule has 126 valence electrons. The van der Waals surface area contributed by atoms with Gasteiger partial charge >= 0.3 is 6.18 Å². The van der Waals surface area contributed by atoms with Gasteiger partial charge in [-0.15, -0.1) is 12.4 Å². The number of rotatable bonds is 3. The van der Waals surface area contributed by atoms with Gasteiger partial charge < -0.3 is 5.32 Å². The van der Waals surface area contributed by atoms with Gasteiger partial charge in [-0.3, -0.25) is 0 Å². The Hall–Kier alpha value is -0.350. The lowest BCUT2D eigenvalue weighted by Gasteiger charge is -2.24. The van der Waals surface area contributed by atoms with E-state index >= 15 is 0 Å². The van der Waals surface area contributed by atoms with Crippen molar-refractivity contribution in [3.63, 3.8) is 0 Å². The molecule has 2 rings (SSSR count). The molecule has 0 bridgehead atoms. The van der Waals surface area contributed by atoms with Crippen molar-refractivity contribution in [3.05, 3.63) is 28.2 Å². The predicted molar refractivity (Wildman–Crippen MR) is 82.6 cm³/mol. The fraction of sp³-hybridized carbons (Fsp3) is 0.500. The van der Waals surface area contributed by atoms with Crippen LogP contribution in [0, 0.1) is 0 Å². The van der Waals surface area contributed by atoms with E-state index in [1.807, 2.05) is 0 Å². The molecule has 1 aromatic carbocycles. The zero-order chi connectivity index (χ0) is 15.7. The third-order valence-corrected chi connectivity index (χ3v) is 5.68. The summed E-state index contributed by atoms with van der Waals surface area (Å²) in [6.45, 7) is 1.28. The van der Waals surface area contributed by atoms with Gasteiger partial charge in [0.1, 0.15) is 0 Å². The smallest absolute Gasteiger partial charge is 0.315 e. The number of alkyl halides is 3. The molecule has 1 unspecified atom stereocenters. The lowest BCUT2D eigenvalue weighted by molar-refractivity contribution is -0.137. The largest absolute Gasteiger partial charge is 0.416 e. The molecule has 10 heteroatoms. The lowest BCUT2D eigenvalue weighted by Crippen LogP contribution is -2.45. The molecule has 1 heterocycles. The van der Waals surface area contributed by atoms with E-state index < -0.39 is 26.7 Å². The summed E-state index contributed by atoms with van der Waals surface area (Å²) in [5.74, 6) is 0. The molecule has 1 atom stereocenters. The van der Waals surface area contributed by atoms with Crippen molar-refractivity contribution in [1.82, 2.24) is 10.0 Å². The molecule has 4 nitrogen and oxygen atoms in total. The van der Waals surface area contributed by atoms with Crippen LogP contribution in [0.25, 0.3) is 0 Å². The van der Waals surface area contributed by atoms with E-state index in [9.17, 15) is 21.6 Å². The maximum atomic E-state index is 12.7. The Morgan fingerprint density at radius 1 is 1.32 bits per heavy atom. The summed E-state index contributed by atoms with van der Waals surface area (Å²) < 4.78 is 65.2. The Bertz CT molecular complexity index is 619. The highest BCUT2D eigenvalue weighted by molar-refractivity contribution is 9.10. The van der Waals surface area contributed by atoms with Crippen molar-refractivity contribution >= 4 is 38.4 Å². The number of sulfonamides is 1. The van der Waals surface area contributed by atoms with Crippen molar-refractivity contribution in [1.29, 1.82) is 0 Å². The molecule has 1 aliphatic rings. The van der Waals surface area contributed by atoms with Crippen LogP contribution >= 0.6 is 28.3 Å². The summed E-state index contributed by atoms with van der Waals surface area (Å²) in [7, 11) is -4.01. The Kier molecular flexibility index (Phi) is 6.70.